The molecule has 1 N–H and O–H groups in total. The lowest BCUT2D eigenvalue weighted by atomic mass is 9.84. The van der Waals surface area contributed by atoms with Crippen molar-refractivity contribution in [2.45, 2.75) is 64.1 Å². The van der Waals surface area contributed by atoms with Gasteiger partial charge in [-0.2, -0.15) is 5.10 Å². The number of aryl methyl sites for hydroxylation is 1. The number of hydrogen-bond donors (Lipinski definition) is 1. The molecule has 0 atom stereocenters. The molecule has 0 unspecified atom stereocenters. The number of nitrogens with one attached hydrogen (secondary N) is 1. The highest BCUT2D eigenvalue weighted by Crippen LogP contribution is 2.39. The van der Waals surface area contributed by atoms with E-state index in [1.54, 1.807) is 6.33 Å². The van der Waals surface area contributed by atoms with Crippen LogP contribution in [-0.4, -0.2) is 37.1 Å². The van der Waals surface area contributed by atoms with Crippen LogP contribution in [0.15, 0.2) is 18.5 Å². The van der Waals surface area contributed by atoms with Crippen LogP contribution in [0.1, 0.15) is 61.5 Å². The van der Waals surface area contributed by atoms with Crippen molar-refractivity contribution in [3.8, 4) is 0 Å². The molecule has 0 saturated heterocycles. The normalized spacial score (nSPS) is 19.9. The maximum Gasteiger partial charge on any atom is 0.226 e. The number of carbonyl (C=O) groups is 1. The SMILES string of the molecule is O=C(C1CCC1)N1CCCn2nc(CNc3cc(C4CC4)ncn3)cc2C1. The van der Waals surface area contributed by atoms with E-state index in [1.165, 1.54) is 19.3 Å². The van der Waals surface area contributed by atoms with Crippen LogP contribution >= 0.6 is 0 Å². The summed E-state index contributed by atoms with van der Waals surface area (Å²) in [4.78, 5) is 23.3. The Morgan fingerprint density at radius 3 is 2.78 bits per heavy atom. The molecule has 142 valence electrons. The minimum Gasteiger partial charge on any atom is -0.364 e. The highest BCUT2D eigenvalue weighted by Gasteiger charge is 2.31. The predicted octanol–water partition coefficient (Wildman–Crippen LogP) is 2.70. The molecule has 2 saturated carbocycles. The zero-order valence-corrected chi connectivity index (χ0v) is 15.6. The van der Waals surface area contributed by atoms with Gasteiger partial charge in [-0.3, -0.25) is 9.48 Å². The first-order chi connectivity index (χ1) is 13.3. The van der Waals surface area contributed by atoms with E-state index in [0.717, 1.165) is 55.3 Å². The van der Waals surface area contributed by atoms with Crippen LogP contribution in [0.4, 0.5) is 5.82 Å². The summed E-state index contributed by atoms with van der Waals surface area (Å²) in [6, 6.07) is 4.18. The molecule has 1 amide bonds. The van der Waals surface area contributed by atoms with Gasteiger partial charge >= 0.3 is 0 Å². The summed E-state index contributed by atoms with van der Waals surface area (Å²) in [5.74, 6) is 2.08. The van der Waals surface area contributed by atoms with Crippen LogP contribution in [0, 0.1) is 5.92 Å². The van der Waals surface area contributed by atoms with Gasteiger partial charge in [-0.1, -0.05) is 6.42 Å². The van der Waals surface area contributed by atoms with Gasteiger partial charge < -0.3 is 10.2 Å². The maximum absolute atomic E-state index is 12.6. The third-order valence-electron chi connectivity index (χ3n) is 5.97. The second-order valence-electron chi connectivity index (χ2n) is 8.05. The number of fused-ring (bicyclic) bond motifs is 1. The van der Waals surface area contributed by atoms with E-state index in [-0.39, 0.29) is 5.92 Å². The van der Waals surface area contributed by atoms with Gasteiger partial charge in [0.05, 0.1) is 24.5 Å². The van der Waals surface area contributed by atoms with E-state index in [0.29, 0.717) is 24.9 Å². The summed E-state index contributed by atoms with van der Waals surface area (Å²) in [5.41, 5.74) is 3.27. The van der Waals surface area contributed by atoms with Crippen molar-refractivity contribution < 1.29 is 4.79 Å². The average Bonchev–Trinajstić information content (AvgIpc) is 3.43. The van der Waals surface area contributed by atoms with Crippen LogP contribution in [-0.2, 0) is 24.4 Å². The third-order valence-corrected chi connectivity index (χ3v) is 5.97. The van der Waals surface area contributed by atoms with Crippen LogP contribution in [0.5, 0.6) is 0 Å². The largest absolute Gasteiger partial charge is 0.364 e. The first-order valence-corrected chi connectivity index (χ1v) is 10.2. The first-order valence-electron chi connectivity index (χ1n) is 10.2. The standard InChI is InChI=1S/C20H26N6O/c27-20(15-3-1-4-15)25-7-2-8-26-17(12-25)9-16(24-26)11-21-19-10-18(14-5-6-14)22-13-23-19/h9-10,13-15H,1-8,11-12H2,(H,21,22,23). The van der Waals surface area contributed by atoms with Gasteiger partial charge in [-0.05, 0) is 38.2 Å². The van der Waals surface area contributed by atoms with E-state index in [1.807, 2.05) is 4.90 Å². The van der Waals surface area contributed by atoms with Crippen LogP contribution in [0.3, 0.4) is 0 Å². The fourth-order valence-electron chi connectivity index (χ4n) is 3.96. The lowest BCUT2D eigenvalue weighted by Gasteiger charge is -2.30. The van der Waals surface area contributed by atoms with Gasteiger partial charge in [0.1, 0.15) is 12.1 Å². The van der Waals surface area contributed by atoms with E-state index >= 15 is 0 Å². The monoisotopic (exact) mass is 366 g/mol. The Balaban J connectivity index is 1.24. The van der Waals surface area contributed by atoms with Crippen molar-refractivity contribution in [3.63, 3.8) is 0 Å². The second kappa shape index (κ2) is 6.94. The topological polar surface area (TPSA) is 75.9 Å². The Morgan fingerprint density at radius 2 is 2.00 bits per heavy atom. The van der Waals surface area contributed by atoms with Crippen LogP contribution in [0.2, 0.25) is 0 Å². The van der Waals surface area contributed by atoms with E-state index < -0.39 is 0 Å². The Labute approximate surface area is 159 Å². The summed E-state index contributed by atoms with van der Waals surface area (Å²) < 4.78 is 2.07. The molecule has 3 heterocycles. The zero-order chi connectivity index (χ0) is 18.2. The highest BCUT2D eigenvalue weighted by molar-refractivity contribution is 5.79. The number of amides is 1. The van der Waals surface area contributed by atoms with Gasteiger partial charge in [0.25, 0.3) is 0 Å². The molecule has 2 aliphatic carbocycles. The summed E-state index contributed by atoms with van der Waals surface area (Å²) in [6.45, 7) is 3.04. The van der Waals surface area contributed by atoms with Gasteiger partial charge in [-0.25, -0.2) is 9.97 Å². The quantitative estimate of drug-likeness (QED) is 0.880. The number of carbonyl (C=O) groups excluding carboxylic acids is 1. The van der Waals surface area contributed by atoms with E-state index in [4.69, 9.17) is 5.10 Å². The van der Waals surface area contributed by atoms with Crippen molar-refractivity contribution in [2.75, 3.05) is 11.9 Å². The molecule has 7 nitrogen and oxygen atoms in total. The molecule has 0 radical (unpaired) electrons. The Kier molecular flexibility index (Phi) is 4.30. The van der Waals surface area contributed by atoms with Gasteiger partial charge in [0, 0.05) is 36.7 Å². The zero-order valence-electron chi connectivity index (χ0n) is 15.6. The molecule has 2 aromatic rings. The Morgan fingerprint density at radius 1 is 1.11 bits per heavy atom. The van der Waals surface area contributed by atoms with Gasteiger partial charge in [0.2, 0.25) is 5.91 Å². The summed E-state index contributed by atoms with van der Waals surface area (Å²) >= 11 is 0. The highest BCUT2D eigenvalue weighted by atomic mass is 16.2. The maximum atomic E-state index is 12.6. The molecule has 3 aliphatic rings. The Bertz CT molecular complexity index is 839. The molecule has 27 heavy (non-hydrogen) atoms. The first kappa shape index (κ1) is 16.7. The van der Waals surface area contributed by atoms with Crippen molar-refractivity contribution in [2.24, 2.45) is 5.92 Å². The number of anilines is 1. The number of nitrogens with zero attached hydrogens (tertiary/aromatic N) is 5. The van der Waals surface area contributed by atoms with Crippen molar-refractivity contribution in [1.82, 2.24) is 24.6 Å². The fourth-order valence-corrected chi connectivity index (χ4v) is 3.96. The Hall–Kier alpha value is -2.44. The smallest absolute Gasteiger partial charge is 0.226 e. The van der Waals surface area contributed by atoms with Crippen molar-refractivity contribution in [1.29, 1.82) is 0 Å². The van der Waals surface area contributed by atoms with Gasteiger partial charge in [0.15, 0.2) is 0 Å². The third kappa shape index (κ3) is 3.55. The molecule has 2 fully saturated rings. The molecular formula is C20H26N6O. The minimum absolute atomic E-state index is 0.263. The minimum atomic E-state index is 0.263. The summed E-state index contributed by atoms with van der Waals surface area (Å²) in [6.07, 6.45) is 8.40. The fraction of sp³-hybridized carbons (Fsp3) is 0.600. The number of rotatable bonds is 5. The number of aromatic nitrogens is 4. The molecule has 0 spiro atoms. The van der Waals surface area contributed by atoms with Crippen LogP contribution in [0.25, 0.3) is 0 Å². The predicted molar refractivity (Wildman–Crippen MR) is 101 cm³/mol. The molecule has 1 aliphatic heterocycles. The molecular weight excluding hydrogens is 340 g/mol. The molecule has 5 rings (SSSR count). The lowest BCUT2D eigenvalue weighted by Crippen LogP contribution is -2.38. The lowest BCUT2D eigenvalue weighted by molar-refractivity contribution is -0.138. The van der Waals surface area contributed by atoms with Crippen molar-refractivity contribution >= 4 is 11.7 Å². The van der Waals surface area contributed by atoms with Crippen molar-refractivity contribution in [3.05, 3.63) is 35.5 Å². The second-order valence-corrected chi connectivity index (χ2v) is 8.05. The molecule has 2 aromatic heterocycles. The van der Waals surface area contributed by atoms with E-state index in [2.05, 4.69) is 32.1 Å². The molecule has 7 heteroatoms. The summed E-state index contributed by atoms with van der Waals surface area (Å²) in [7, 11) is 0. The molecule has 0 aromatic carbocycles. The number of hydrogen-bond acceptors (Lipinski definition) is 5. The summed E-state index contributed by atoms with van der Waals surface area (Å²) in [5, 5.41) is 8.11. The van der Waals surface area contributed by atoms with Crippen LogP contribution < -0.4 is 5.32 Å². The van der Waals surface area contributed by atoms with Gasteiger partial charge in [-0.15, -0.1) is 0 Å². The average molecular weight is 366 g/mol. The molecule has 0 bridgehead atoms. The van der Waals surface area contributed by atoms with E-state index in [9.17, 15) is 4.79 Å².